The van der Waals surface area contributed by atoms with Crippen molar-refractivity contribution in [1.29, 1.82) is 0 Å². The number of benzene rings is 1. The first-order valence-corrected chi connectivity index (χ1v) is 6.29. The molecule has 4 heteroatoms. The highest BCUT2D eigenvalue weighted by Gasteiger charge is 2.01. The van der Waals surface area contributed by atoms with E-state index in [9.17, 15) is 9.18 Å². The van der Waals surface area contributed by atoms with Crippen LogP contribution in [-0.2, 0) is 13.1 Å². The Balaban J connectivity index is 2.14. The van der Waals surface area contributed by atoms with Crippen LogP contribution in [0, 0.1) is 12.7 Å². The minimum atomic E-state index is -0.235. The van der Waals surface area contributed by atoms with Crippen molar-refractivity contribution >= 4 is 5.69 Å². The fourth-order valence-electron chi connectivity index (χ4n) is 1.91. The first-order valence-electron chi connectivity index (χ1n) is 6.29. The summed E-state index contributed by atoms with van der Waals surface area (Å²) in [6.07, 6.45) is 1.77. The fraction of sp³-hybridized carbons (Fsp3) is 0.267. The maximum Gasteiger partial charge on any atom is 0.250 e. The van der Waals surface area contributed by atoms with Gasteiger partial charge in [0.2, 0.25) is 0 Å². The third-order valence-corrected chi connectivity index (χ3v) is 3.12. The molecule has 0 aliphatic heterocycles. The highest BCUT2D eigenvalue weighted by molar-refractivity contribution is 5.42. The molecule has 19 heavy (non-hydrogen) atoms. The van der Waals surface area contributed by atoms with Gasteiger partial charge in [0.25, 0.3) is 5.56 Å². The van der Waals surface area contributed by atoms with Gasteiger partial charge in [-0.15, -0.1) is 0 Å². The van der Waals surface area contributed by atoms with Gasteiger partial charge < -0.3 is 9.88 Å². The quantitative estimate of drug-likeness (QED) is 0.917. The van der Waals surface area contributed by atoms with Crippen molar-refractivity contribution in [3.8, 4) is 0 Å². The van der Waals surface area contributed by atoms with Crippen molar-refractivity contribution in [2.45, 2.75) is 26.9 Å². The maximum absolute atomic E-state index is 13.2. The lowest BCUT2D eigenvalue weighted by Gasteiger charge is -2.10. The summed E-state index contributed by atoms with van der Waals surface area (Å²) in [5, 5.41) is 3.20. The summed E-state index contributed by atoms with van der Waals surface area (Å²) in [7, 11) is 0. The molecular weight excluding hydrogens is 243 g/mol. The first-order chi connectivity index (χ1) is 9.10. The molecule has 0 saturated carbocycles. The van der Waals surface area contributed by atoms with Crippen molar-refractivity contribution < 1.29 is 4.39 Å². The standard InChI is InChI=1S/C15H17FN2O/c1-3-18-10-14(6-7-15(18)19)17-9-12-8-13(16)5-4-11(12)2/h4-8,10,17H,3,9H2,1-2H3. The van der Waals surface area contributed by atoms with Gasteiger partial charge in [-0.1, -0.05) is 6.07 Å². The van der Waals surface area contributed by atoms with E-state index in [4.69, 9.17) is 0 Å². The Morgan fingerprint density at radius 2 is 2.05 bits per heavy atom. The lowest BCUT2D eigenvalue weighted by Crippen LogP contribution is -2.17. The lowest BCUT2D eigenvalue weighted by atomic mass is 10.1. The molecule has 100 valence electrons. The van der Waals surface area contributed by atoms with Crippen LogP contribution >= 0.6 is 0 Å². The van der Waals surface area contributed by atoms with Gasteiger partial charge in [0.1, 0.15) is 5.82 Å². The zero-order chi connectivity index (χ0) is 13.8. The predicted octanol–water partition coefficient (Wildman–Crippen LogP) is 2.93. The lowest BCUT2D eigenvalue weighted by molar-refractivity contribution is 0.625. The molecule has 0 atom stereocenters. The summed E-state index contributed by atoms with van der Waals surface area (Å²) in [6.45, 7) is 5.03. The number of hydrogen-bond donors (Lipinski definition) is 1. The molecule has 1 aromatic heterocycles. The van der Waals surface area contributed by atoms with Crippen LogP contribution in [0.25, 0.3) is 0 Å². The number of halogens is 1. The molecule has 0 saturated heterocycles. The molecule has 0 unspecified atom stereocenters. The number of nitrogens with zero attached hydrogens (tertiary/aromatic N) is 1. The van der Waals surface area contributed by atoms with Crippen LogP contribution in [-0.4, -0.2) is 4.57 Å². The smallest absolute Gasteiger partial charge is 0.250 e. The number of aromatic nitrogens is 1. The fourth-order valence-corrected chi connectivity index (χ4v) is 1.91. The van der Waals surface area contributed by atoms with E-state index in [0.717, 1.165) is 16.8 Å². The van der Waals surface area contributed by atoms with Crippen LogP contribution in [0.1, 0.15) is 18.1 Å². The number of anilines is 1. The second-order valence-electron chi connectivity index (χ2n) is 4.47. The highest BCUT2D eigenvalue weighted by atomic mass is 19.1. The van der Waals surface area contributed by atoms with Gasteiger partial charge in [0.05, 0.1) is 5.69 Å². The third kappa shape index (κ3) is 3.22. The molecular formula is C15H17FN2O. The van der Waals surface area contributed by atoms with Crippen molar-refractivity contribution in [3.05, 3.63) is 63.8 Å². The molecule has 0 aliphatic carbocycles. The second kappa shape index (κ2) is 5.69. The zero-order valence-corrected chi connectivity index (χ0v) is 11.1. The summed E-state index contributed by atoms with van der Waals surface area (Å²) in [5.41, 5.74) is 2.78. The number of pyridine rings is 1. The van der Waals surface area contributed by atoms with E-state index < -0.39 is 0 Å². The van der Waals surface area contributed by atoms with Gasteiger partial charge in [-0.2, -0.15) is 0 Å². The third-order valence-electron chi connectivity index (χ3n) is 3.12. The summed E-state index contributed by atoms with van der Waals surface area (Å²) in [5.74, 6) is -0.235. The molecule has 0 aliphatic rings. The summed E-state index contributed by atoms with van der Waals surface area (Å²) in [6, 6.07) is 8.01. The molecule has 2 aromatic rings. The van der Waals surface area contributed by atoms with Crippen LogP contribution in [0.2, 0.25) is 0 Å². The Labute approximate surface area is 111 Å². The predicted molar refractivity (Wildman–Crippen MR) is 74.8 cm³/mol. The largest absolute Gasteiger partial charge is 0.380 e. The molecule has 0 spiro atoms. The highest BCUT2D eigenvalue weighted by Crippen LogP contribution is 2.13. The number of nitrogens with one attached hydrogen (secondary N) is 1. The van der Waals surface area contributed by atoms with Gasteiger partial charge in [0.15, 0.2) is 0 Å². The van der Waals surface area contributed by atoms with E-state index in [1.807, 2.05) is 13.8 Å². The van der Waals surface area contributed by atoms with Crippen molar-refractivity contribution in [1.82, 2.24) is 4.57 Å². The number of hydrogen-bond acceptors (Lipinski definition) is 2. The number of aryl methyl sites for hydroxylation is 2. The molecule has 1 heterocycles. The van der Waals surface area contributed by atoms with Gasteiger partial charge in [-0.05, 0) is 43.2 Å². The summed E-state index contributed by atoms with van der Waals surface area (Å²) >= 11 is 0. The van der Waals surface area contributed by atoms with E-state index in [1.54, 1.807) is 22.9 Å². The summed E-state index contributed by atoms with van der Waals surface area (Å²) in [4.78, 5) is 11.5. The van der Waals surface area contributed by atoms with Crippen molar-refractivity contribution in [2.24, 2.45) is 0 Å². The van der Waals surface area contributed by atoms with Crippen LogP contribution < -0.4 is 10.9 Å². The van der Waals surface area contributed by atoms with E-state index >= 15 is 0 Å². The SMILES string of the molecule is CCn1cc(NCc2cc(F)ccc2C)ccc1=O. The normalized spacial score (nSPS) is 10.5. The topological polar surface area (TPSA) is 34.0 Å². The monoisotopic (exact) mass is 260 g/mol. The van der Waals surface area contributed by atoms with Crippen LogP contribution in [0.4, 0.5) is 10.1 Å². The second-order valence-corrected chi connectivity index (χ2v) is 4.47. The molecule has 0 bridgehead atoms. The number of rotatable bonds is 4. The maximum atomic E-state index is 13.2. The van der Waals surface area contributed by atoms with Crippen LogP contribution in [0.15, 0.2) is 41.3 Å². The minimum absolute atomic E-state index is 0.0185. The van der Waals surface area contributed by atoms with Gasteiger partial charge in [0, 0.05) is 25.4 Å². The summed E-state index contributed by atoms with van der Waals surface area (Å²) < 4.78 is 14.8. The molecule has 3 nitrogen and oxygen atoms in total. The van der Waals surface area contributed by atoms with Gasteiger partial charge in [-0.3, -0.25) is 4.79 Å². The Morgan fingerprint density at radius 1 is 1.26 bits per heavy atom. The van der Waals surface area contributed by atoms with Gasteiger partial charge >= 0.3 is 0 Å². The molecule has 1 N–H and O–H groups in total. The van der Waals surface area contributed by atoms with E-state index in [2.05, 4.69) is 5.32 Å². The molecule has 0 fully saturated rings. The van der Waals surface area contributed by atoms with E-state index in [1.165, 1.54) is 18.2 Å². The Kier molecular flexibility index (Phi) is 4.00. The first kappa shape index (κ1) is 13.3. The molecule has 0 amide bonds. The van der Waals surface area contributed by atoms with E-state index in [0.29, 0.717) is 13.1 Å². The van der Waals surface area contributed by atoms with Crippen molar-refractivity contribution in [3.63, 3.8) is 0 Å². The molecule has 0 radical (unpaired) electrons. The van der Waals surface area contributed by atoms with Crippen LogP contribution in [0.3, 0.4) is 0 Å². The Morgan fingerprint density at radius 3 is 2.79 bits per heavy atom. The Bertz CT molecular complexity index is 634. The molecule has 1 aromatic carbocycles. The van der Waals surface area contributed by atoms with E-state index in [-0.39, 0.29) is 11.4 Å². The van der Waals surface area contributed by atoms with Gasteiger partial charge in [-0.25, -0.2) is 4.39 Å². The average Bonchev–Trinajstić information content (AvgIpc) is 2.41. The zero-order valence-electron chi connectivity index (χ0n) is 11.1. The minimum Gasteiger partial charge on any atom is -0.380 e. The average molecular weight is 260 g/mol. The molecule has 2 rings (SSSR count). The Hall–Kier alpha value is -2.10. The van der Waals surface area contributed by atoms with Crippen LogP contribution in [0.5, 0.6) is 0 Å². The van der Waals surface area contributed by atoms with Crippen molar-refractivity contribution in [2.75, 3.05) is 5.32 Å².